The van der Waals surface area contributed by atoms with E-state index in [0.717, 1.165) is 0 Å². The second-order valence-electron chi connectivity index (χ2n) is 1.16. The molecule has 0 saturated carbocycles. The monoisotopic (exact) mass is 292 g/mol. The van der Waals surface area contributed by atoms with Gasteiger partial charge in [0.15, 0.2) is 0 Å². The molecule has 0 atom stereocenters. The van der Waals surface area contributed by atoms with Crippen molar-refractivity contribution in [1.29, 1.82) is 0 Å². The number of carbonyl (C=O) groups is 1. The molecule has 1 nitrogen and oxygen atoms in total. The van der Waals surface area contributed by atoms with E-state index in [1.54, 1.807) is 6.92 Å². The summed E-state index contributed by atoms with van der Waals surface area (Å²) in [6, 6.07) is 0. The lowest BCUT2D eigenvalue weighted by Gasteiger charge is -2.04. The van der Waals surface area contributed by atoms with Crippen molar-refractivity contribution in [2.45, 2.75) is 10.2 Å². The van der Waals surface area contributed by atoms with Crippen molar-refractivity contribution in [2.24, 2.45) is 0 Å². The van der Waals surface area contributed by atoms with Crippen LogP contribution in [0.25, 0.3) is 0 Å². The molecule has 0 bridgehead atoms. The van der Waals surface area contributed by atoms with E-state index in [9.17, 15) is 4.79 Å². The summed E-state index contributed by atoms with van der Waals surface area (Å²) >= 11 is 8.89. The van der Waals surface area contributed by atoms with Gasteiger partial charge in [-0.2, -0.15) is 0 Å². The lowest BCUT2D eigenvalue weighted by atomic mass is 10.6. The van der Waals surface area contributed by atoms with E-state index in [2.05, 4.69) is 47.8 Å². The fourth-order valence-electron chi connectivity index (χ4n) is 0. The molecule has 0 N–H and O–H groups in total. The van der Waals surface area contributed by atoms with E-state index in [4.69, 9.17) is 0 Å². The van der Waals surface area contributed by atoms with Crippen LogP contribution in [0.4, 0.5) is 0 Å². The Kier molecular flexibility index (Phi) is 3.01. The molecular weight excluding hydrogens is 292 g/mol. The Balaban J connectivity index is 3.79. The highest BCUT2D eigenvalue weighted by Gasteiger charge is 2.22. The van der Waals surface area contributed by atoms with Crippen LogP contribution >= 0.6 is 47.8 Å². The van der Waals surface area contributed by atoms with Gasteiger partial charge in [-0.3, -0.25) is 4.79 Å². The highest BCUT2D eigenvalue weighted by molar-refractivity contribution is 9.28. The molecule has 0 rings (SSSR count). The summed E-state index contributed by atoms with van der Waals surface area (Å²) in [6.45, 7) is 1.70. The van der Waals surface area contributed by atoms with E-state index < -0.39 is 3.23 Å². The predicted octanol–water partition coefficient (Wildman–Crippen LogP) is 2.41. The molecule has 0 aliphatic carbocycles. The van der Waals surface area contributed by atoms with Crippen LogP contribution in [0.5, 0.6) is 0 Å². The van der Waals surface area contributed by atoms with Crippen molar-refractivity contribution in [1.82, 2.24) is 0 Å². The molecule has 7 heavy (non-hydrogen) atoms. The molecular formula is C3H3Br3O. The van der Waals surface area contributed by atoms with Crippen LogP contribution in [0.1, 0.15) is 6.92 Å². The molecule has 0 aliphatic rings. The Hall–Kier alpha value is 1.11. The first-order valence-electron chi connectivity index (χ1n) is 1.52. The highest BCUT2D eigenvalue weighted by atomic mass is 79.9. The Bertz CT molecular complexity index is 82.7. The molecule has 0 aromatic rings. The van der Waals surface area contributed by atoms with Crippen LogP contribution < -0.4 is 0 Å². The molecule has 0 aromatic carbocycles. The predicted molar refractivity (Wildman–Crippen MR) is 40.2 cm³/mol. The van der Waals surface area contributed by atoms with Gasteiger partial charge in [-0.25, -0.2) is 0 Å². The van der Waals surface area contributed by atoms with Crippen LogP contribution in [0.15, 0.2) is 0 Å². The molecule has 0 fully saturated rings. The summed E-state index contributed by atoms with van der Waals surface area (Å²) in [5, 5.41) is 0. The van der Waals surface area contributed by atoms with Crippen molar-refractivity contribution in [3.63, 3.8) is 0 Å². The zero-order valence-electron chi connectivity index (χ0n) is 3.54. The largest absolute Gasteiger partial charge is 0.284 e. The first-order valence-corrected chi connectivity index (χ1v) is 3.90. The van der Waals surface area contributed by atoms with Crippen molar-refractivity contribution in [2.75, 3.05) is 0 Å². The van der Waals surface area contributed by atoms with Gasteiger partial charge < -0.3 is 0 Å². The second-order valence-corrected chi connectivity index (χ2v) is 6.12. The molecule has 0 aromatic heterocycles. The average molecular weight is 295 g/mol. The minimum Gasteiger partial charge on any atom is -0.284 e. The molecule has 42 valence electrons. The summed E-state index contributed by atoms with van der Waals surface area (Å²) in [6.07, 6.45) is 0. The Morgan fingerprint density at radius 2 is 1.71 bits per heavy atom. The van der Waals surface area contributed by atoms with Gasteiger partial charge in [-0.15, -0.1) is 0 Å². The topological polar surface area (TPSA) is 17.1 Å². The lowest BCUT2D eigenvalue weighted by Crippen LogP contribution is -2.12. The third-order valence-electron chi connectivity index (χ3n) is 0.345. The molecule has 0 saturated heterocycles. The maximum atomic E-state index is 10.3. The van der Waals surface area contributed by atoms with E-state index in [1.165, 1.54) is 0 Å². The lowest BCUT2D eigenvalue weighted by molar-refractivity contribution is -0.110. The van der Waals surface area contributed by atoms with E-state index in [-0.39, 0.29) is 4.69 Å². The van der Waals surface area contributed by atoms with Gasteiger partial charge in [-0.05, 0) is 22.9 Å². The third-order valence-corrected chi connectivity index (χ3v) is 2.92. The van der Waals surface area contributed by atoms with Crippen molar-refractivity contribution in [3.05, 3.63) is 0 Å². The summed E-state index contributed by atoms with van der Waals surface area (Å²) < 4.78 is -0.708. The van der Waals surface area contributed by atoms with E-state index in [0.29, 0.717) is 0 Å². The first kappa shape index (κ1) is 8.11. The SMILES string of the molecule is CC(Br)(Br)C(=O)Br. The molecule has 0 spiro atoms. The van der Waals surface area contributed by atoms with E-state index in [1.807, 2.05) is 0 Å². The van der Waals surface area contributed by atoms with Gasteiger partial charge in [0.25, 0.3) is 0 Å². The van der Waals surface area contributed by atoms with Crippen LogP contribution in [0, 0.1) is 0 Å². The fraction of sp³-hybridized carbons (Fsp3) is 0.667. The average Bonchev–Trinajstić information content (AvgIpc) is 1.31. The molecule has 0 radical (unpaired) electrons. The quantitative estimate of drug-likeness (QED) is 0.536. The number of alkyl halides is 2. The Morgan fingerprint density at radius 3 is 1.71 bits per heavy atom. The fourth-order valence-corrected chi connectivity index (χ4v) is 0. The van der Waals surface area contributed by atoms with Crippen molar-refractivity contribution >= 4 is 52.5 Å². The van der Waals surface area contributed by atoms with E-state index >= 15 is 0 Å². The number of rotatable bonds is 1. The molecule has 0 aliphatic heterocycles. The molecule has 4 heteroatoms. The van der Waals surface area contributed by atoms with Crippen LogP contribution in [-0.2, 0) is 4.79 Å². The summed E-state index contributed by atoms with van der Waals surface area (Å²) in [7, 11) is 0. The molecule has 0 heterocycles. The van der Waals surface area contributed by atoms with Crippen molar-refractivity contribution < 1.29 is 4.79 Å². The van der Waals surface area contributed by atoms with Gasteiger partial charge in [-0.1, -0.05) is 31.9 Å². The van der Waals surface area contributed by atoms with Gasteiger partial charge in [0.1, 0.15) is 3.23 Å². The Labute approximate surface area is 67.2 Å². The summed E-state index contributed by atoms with van der Waals surface area (Å²) in [5.74, 6) is 0. The number of hydrogen-bond acceptors (Lipinski definition) is 1. The van der Waals surface area contributed by atoms with Gasteiger partial charge >= 0.3 is 0 Å². The Morgan fingerprint density at radius 1 is 1.57 bits per heavy atom. The zero-order chi connectivity index (χ0) is 6.08. The summed E-state index contributed by atoms with van der Waals surface area (Å²) in [4.78, 5) is 10.3. The first-order chi connectivity index (χ1) is 2.94. The maximum absolute atomic E-state index is 10.3. The van der Waals surface area contributed by atoms with Gasteiger partial charge in [0.05, 0.1) is 0 Å². The third kappa shape index (κ3) is 3.67. The maximum Gasteiger partial charge on any atom is 0.224 e. The van der Waals surface area contributed by atoms with Crippen molar-refractivity contribution in [3.8, 4) is 0 Å². The normalized spacial score (nSPS) is 11.4. The standard InChI is InChI=1S/C3H3Br3O/c1-3(5,6)2(4)7/h1H3. The minimum absolute atomic E-state index is 0.111. The smallest absolute Gasteiger partial charge is 0.224 e. The number of hydrogen-bond donors (Lipinski definition) is 0. The zero-order valence-corrected chi connectivity index (χ0v) is 8.30. The summed E-state index contributed by atoms with van der Waals surface area (Å²) in [5.41, 5.74) is 0. The highest BCUT2D eigenvalue weighted by Crippen LogP contribution is 2.28. The molecule has 0 unspecified atom stereocenters. The van der Waals surface area contributed by atoms with Crippen LogP contribution in [-0.4, -0.2) is 7.93 Å². The van der Waals surface area contributed by atoms with Crippen LogP contribution in [0.3, 0.4) is 0 Å². The molecule has 0 amide bonds. The van der Waals surface area contributed by atoms with Gasteiger partial charge in [0.2, 0.25) is 4.69 Å². The number of halogens is 3. The minimum atomic E-state index is -0.597. The van der Waals surface area contributed by atoms with Crippen LogP contribution in [0.2, 0.25) is 0 Å². The van der Waals surface area contributed by atoms with Gasteiger partial charge in [0, 0.05) is 0 Å². The number of carbonyl (C=O) groups excluding carboxylic acids is 1. The second kappa shape index (κ2) is 2.60.